The fourth-order valence-electron chi connectivity index (χ4n) is 2.15. The molecule has 0 radical (unpaired) electrons. The Labute approximate surface area is 134 Å². The number of ether oxygens (including phenoxy) is 1. The molecule has 1 N–H and O–H groups in total. The number of hydrogen-bond acceptors (Lipinski definition) is 2. The highest BCUT2D eigenvalue weighted by Gasteiger charge is 2.07. The van der Waals surface area contributed by atoms with Crippen molar-refractivity contribution in [2.75, 3.05) is 12.4 Å². The Morgan fingerprint density at radius 2 is 2.05 bits per heavy atom. The molecule has 0 aromatic heterocycles. The normalized spacial score (nSPS) is 10.4. The number of aryl methyl sites for hydroxylation is 2. The van der Waals surface area contributed by atoms with Crippen LogP contribution in [-0.4, -0.2) is 13.0 Å². The van der Waals surface area contributed by atoms with E-state index in [2.05, 4.69) is 5.32 Å². The fourth-order valence-corrected chi connectivity index (χ4v) is 2.33. The van der Waals surface area contributed by atoms with Gasteiger partial charge >= 0.3 is 0 Å². The lowest BCUT2D eigenvalue weighted by Gasteiger charge is -2.08. The Balaban J connectivity index is 1.92. The highest BCUT2D eigenvalue weighted by molar-refractivity contribution is 6.31. The third-order valence-corrected chi connectivity index (χ3v) is 3.59. The molecule has 0 aliphatic carbocycles. The average Bonchev–Trinajstić information content (AvgIpc) is 2.49. The zero-order valence-electron chi connectivity index (χ0n) is 12.5. The van der Waals surface area contributed by atoms with E-state index in [1.54, 1.807) is 7.11 Å². The second-order valence-corrected chi connectivity index (χ2v) is 5.39. The van der Waals surface area contributed by atoms with Gasteiger partial charge in [0.05, 0.1) is 12.1 Å². The van der Waals surface area contributed by atoms with Crippen LogP contribution in [-0.2, 0) is 11.2 Å². The molecule has 22 heavy (non-hydrogen) atoms. The van der Waals surface area contributed by atoms with E-state index in [0.717, 1.165) is 16.9 Å². The van der Waals surface area contributed by atoms with Gasteiger partial charge in [-0.05, 0) is 48.7 Å². The minimum absolute atomic E-state index is 0.0106. The first-order valence-corrected chi connectivity index (χ1v) is 7.26. The van der Waals surface area contributed by atoms with Crippen LogP contribution in [0.5, 0.6) is 5.75 Å². The first-order chi connectivity index (χ1) is 10.5. The minimum Gasteiger partial charge on any atom is -0.496 e. The van der Waals surface area contributed by atoms with Gasteiger partial charge in [-0.15, -0.1) is 0 Å². The highest BCUT2D eigenvalue weighted by Crippen LogP contribution is 2.21. The van der Waals surface area contributed by atoms with Crippen molar-refractivity contribution >= 4 is 23.2 Å². The van der Waals surface area contributed by atoms with E-state index in [4.69, 9.17) is 16.3 Å². The maximum absolute atomic E-state index is 13.1. The van der Waals surface area contributed by atoms with Crippen molar-refractivity contribution in [1.82, 2.24) is 0 Å². The molecule has 0 aliphatic heterocycles. The van der Waals surface area contributed by atoms with Crippen LogP contribution in [0.4, 0.5) is 10.1 Å². The molecule has 2 aromatic carbocycles. The number of rotatable bonds is 5. The van der Waals surface area contributed by atoms with Crippen LogP contribution in [0.25, 0.3) is 0 Å². The monoisotopic (exact) mass is 321 g/mol. The van der Waals surface area contributed by atoms with Crippen molar-refractivity contribution in [1.29, 1.82) is 0 Å². The standard InChI is InChI=1S/C17H17ClFNO2/c1-11-9-12(3-7-16(11)22-2)4-8-17(21)20-13-5-6-15(19)14(18)10-13/h3,5-7,9-10H,4,8H2,1-2H3,(H,20,21). The predicted octanol–water partition coefficient (Wildman–Crippen LogP) is 4.37. The Hall–Kier alpha value is -2.07. The van der Waals surface area contributed by atoms with Gasteiger partial charge in [-0.1, -0.05) is 23.7 Å². The fraction of sp³-hybridized carbons (Fsp3) is 0.235. The van der Waals surface area contributed by atoms with Crippen molar-refractivity contribution < 1.29 is 13.9 Å². The van der Waals surface area contributed by atoms with Crippen LogP contribution in [0, 0.1) is 12.7 Å². The number of carbonyl (C=O) groups is 1. The quantitative estimate of drug-likeness (QED) is 0.888. The summed E-state index contributed by atoms with van der Waals surface area (Å²) in [7, 11) is 1.63. The molecule has 3 nitrogen and oxygen atoms in total. The van der Waals surface area contributed by atoms with Gasteiger partial charge in [-0.3, -0.25) is 4.79 Å². The molecule has 0 aliphatic rings. The molecule has 1 amide bonds. The van der Waals surface area contributed by atoms with E-state index in [0.29, 0.717) is 18.5 Å². The van der Waals surface area contributed by atoms with E-state index in [1.807, 2.05) is 25.1 Å². The van der Waals surface area contributed by atoms with E-state index in [-0.39, 0.29) is 10.9 Å². The van der Waals surface area contributed by atoms with Gasteiger partial charge in [-0.25, -0.2) is 4.39 Å². The Morgan fingerprint density at radius 3 is 2.68 bits per heavy atom. The summed E-state index contributed by atoms with van der Waals surface area (Å²) in [5, 5.41) is 2.69. The third-order valence-electron chi connectivity index (χ3n) is 3.30. The van der Waals surface area contributed by atoms with E-state index < -0.39 is 5.82 Å². The van der Waals surface area contributed by atoms with Crippen molar-refractivity contribution in [3.8, 4) is 5.75 Å². The first-order valence-electron chi connectivity index (χ1n) is 6.88. The van der Waals surface area contributed by atoms with Gasteiger partial charge < -0.3 is 10.1 Å². The number of carbonyl (C=O) groups excluding carboxylic acids is 1. The molecule has 0 unspecified atom stereocenters. The summed E-state index contributed by atoms with van der Waals surface area (Å²) in [6.45, 7) is 1.96. The molecule has 0 heterocycles. The van der Waals surface area contributed by atoms with Crippen molar-refractivity contribution in [2.24, 2.45) is 0 Å². The molecule has 116 valence electrons. The Morgan fingerprint density at radius 1 is 1.27 bits per heavy atom. The topological polar surface area (TPSA) is 38.3 Å². The number of amides is 1. The zero-order chi connectivity index (χ0) is 16.1. The molecule has 5 heteroatoms. The molecule has 0 saturated heterocycles. The van der Waals surface area contributed by atoms with Crippen LogP contribution in [0.1, 0.15) is 17.5 Å². The maximum atomic E-state index is 13.1. The third kappa shape index (κ3) is 4.21. The second kappa shape index (κ2) is 7.27. The molecule has 0 atom stereocenters. The zero-order valence-corrected chi connectivity index (χ0v) is 13.2. The van der Waals surface area contributed by atoms with Crippen molar-refractivity contribution in [2.45, 2.75) is 19.8 Å². The minimum atomic E-state index is -0.506. The number of methoxy groups -OCH3 is 1. The van der Waals surface area contributed by atoms with Crippen LogP contribution < -0.4 is 10.1 Å². The van der Waals surface area contributed by atoms with E-state index in [9.17, 15) is 9.18 Å². The maximum Gasteiger partial charge on any atom is 0.224 e. The summed E-state index contributed by atoms with van der Waals surface area (Å²) < 4.78 is 18.3. The van der Waals surface area contributed by atoms with Gasteiger partial charge in [0.2, 0.25) is 5.91 Å². The highest BCUT2D eigenvalue weighted by atomic mass is 35.5. The smallest absolute Gasteiger partial charge is 0.224 e. The lowest BCUT2D eigenvalue weighted by Crippen LogP contribution is -2.12. The van der Waals surface area contributed by atoms with E-state index >= 15 is 0 Å². The molecule has 0 fully saturated rings. The van der Waals surface area contributed by atoms with Crippen LogP contribution >= 0.6 is 11.6 Å². The lowest BCUT2D eigenvalue weighted by molar-refractivity contribution is -0.116. The predicted molar refractivity (Wildman–Crippen MR) is 86.1 cm³/mol. The van der Waals surface area contributed by atoms with Gasteiger partial charge in [0.15, 0.2) is 0 Å². The van der Waals surface area contributed by atoms with Crippen LogP contribution in [0.3, 0.4) is 0 Å². The summed E-state index contributed by atoms with van der Waals surface area (Å²) in [6, 6.07) is 9.94. The van der Waals surface area contributed by atoms with E-state index in [1.165, 1.54) is 18.2 Å². The van der Waals surface area contributed by atoms with Gasteiger partial charge in [0, 0.05) is 12.1 Å². The molecule has 2 rings (SSSR count). The summed E-state index contributed by atoms with van der Waals surface area (Å²) in [5.41, 5.74) is 2.58. The number of halogens is 2. The summed E-state index contributed by atoms with van der Waals surface area (Å²) >= 11 is 5.68. The Bertz CT molecular complexity index is 688. The lowest BCUT2D eigenvalue weighted by atomic mass is 10.1. The summed E-state index contributed by atoms with van der Waals surface area (Å²) in [5.74, 6) is 0.179. The molecule has 0 saturated carbocycles. The van der Waals surface area contributed by atoms with Crippen molar-refractivity contribution in [3.63, 3.8) is 0 Å². The van der Waals surface area contributed by atoms with Gasteiger partial charge in [0.1, 0.15) is 11.6 Å². The molecular formula is C17H17ClFNO2. The average molecular weight is 322 g/mol. The molecular weight excluding hydrogens is 305 g/mol. The first kappa shape index (κ1) is 16.3. The molecule has 2 aromatic rings. The Kier molecular flexibility index (Phi) is 5.39. The van der Waals surface area contributed by atoms with Gasteiger partial charge in [0.25, 0.3) is 0 Å². The number of nitrogens with one attached hydrogen (secondary N) is 1. The van der Waals surface area contributed by atoms with Crippen LogP contribution in [0.15, 0.2) is 36.4 Å². The van der Waals surface area contributed by atoms with Crippen molar-refractivity contribution in [3.05, 3.63) is 58.4 Å². The summed E-state index contributed by atoms with van der Waals surface area (Å²) in [4.78, 5) is 11.9. The number of anilines is 1. The number of hydrogen-bond donors (Lipinski definition) is 1. The van der Waals surface area contributed by atoms with Crippen LogP contribution in [0.2, 0.25) is 5.02 Å². The largest absolute Gasteiger partial charge is 0.496 e. The molecule has 0 spiro atoms. The second-order valence-electron chi connectivity index (χ2n) is 4.98. The summed E-state index contributed by atoms with van der Waals surface area (Å²) in [6.07, 6.45) is 0.951. The SMILES string of the molecule is COc1ccc(CCC(=O)Nc2ccc(F)c(Cl)c2)cc1C. The molecule has 0 bridgehead atoms. The number of benzene rings is 2. The van der Waals surface area contributed by atoms with Gasteiger partial charge in [-0.2, -0.15) is 0 Å².